The van der Waals surface area contributed by atoms with Gasteiger partial charge in [-0.25, -0.2) is 0 Å². The smallest absolute Gasteiger partial charge is 0.168 e. The van der Waals surface area contributed by atoms with Crippen molar-refractivity contribution in [2.75, 3.05) is 20.3 Å². The van der Waals surface area contributed by atoms with Gasteiger partial charge in [0.2, 0.25) is 0 Å². The topological polar surface area (TPSA) is 103 Å². The maximum atomic E-state index is 11.8. The van der Waals surface area contributed by atoms with Crippen LogP contribution < -0.4 is 15.2 Å². The number of carboxylic acid groups (broad SMARTS) is 1. The normalized spacial score (nSPS) is 11.9. The molecule has 1 aromatic carbocycles. The van der Waals surface area contributed by atoms with E-state index >= 15 is 0 Å². The number of hydrogen-bond donors (Lipinski definition) is 2. The standard InChI is InChI=1S/C13H17NO5/c1-19-10-4-2-9(3-5-10)12(16)6-7-14-11(8-15)13(17)18/h2-5,11,14-15H,6-8H2,1H3,(H,17,18)/t11-/m0/s1. The summed E-state index contributed by atoms with van der Waals surface area (Å²) in [6.45, 7) is -0.233. The molecule has 104 valence electrons. The second-order valence-corrected chi connectivity index (χ2v) is 4.03. The minimum atomic E-state index is -1.33. The van der Waals surface area contributed by atoms with E-state index in [9.17, 15) is 14.7 Å². The molecule has 0 fully saturated rings. The zero-order valence-corrected chi connectivity index (χ0v) is 10.7. The average molecular weight is 267 g/mol. The van der Waals surface area contributed by atoms with Gasteiger partial charge in [0.1, 0.15) is 24.4 Å². The van der Waals surface area contributed by atoms with E-state index in [4.69, 9.17) is 9.84 Å². The van der Waals surface area contributed by atoms with Crippen LogP contribution >= 0.6 is 0 Å². The average Bonchev–Trinajstić information content (AvgIpc) is 2.43. The predicted molar refractivity (Wildman–Crippen MR) is 64.6 cm³/mol. The number of carboxylic acids is 1. The summed E-state index contributed by atoms with van der Waals surface area (Å²) < 4.78 is 4.98. The van der Waals surface area contributed by atoms with Gasteiger partial charge in [-0.2, -0.15) is 0 Å². The lowest BCUT2D eigenvalue weighted by molar-refractivity contribution is -0.683. The van der Waals surface area contributed by atoms with Gasteiger partial charge >= 0.3 is 0 Å². The van der Waals surface area contributed by atoms with Crippen LogP contribution in [0.3, 0.4) is 0 Å². The number of methoxy groups -OCH3 is 1. The highest BCUT2D eigenvalue weighted by atomic mass is 16.5. The van der Waals surface area contributed by atoms with E-state index in [2.05, 4.69) is 0 Å². The molecule has 0 radical (unpaired) electrons. The highest BCUT2D eigenvalue weighted by Gasteiger charge is 2.13. The number of Topliss-reactive ketones (excluding diaryl/α,β-unsaturated/α-hetero) is 1. The molecule has 0 heterocycles. The Morgan fingerprint density at radius 1 is 1.37 bits per heavy atom. The summed E-state index contributed by atoms with van der Waals surface area (Å²) in [7, 11) is 1.54. The van der Waals surface area contributed by atoms with Gasteiger partial charge in [0, 0.05) is 5.56 Å². The van der Waals surface area contributed by atoms with Gasteiger partial charge in [-0.1, -0.05) is 0 Å². The lowest BCUT2D eigenvalue weighted by Crippen LogP contribution is -2.94. The molecule has 0 amide bonds. The monoisotopic (exact) mass is 267 g/mol. The molecule has 3 N–H and O–H groups in total. The van der Waals surface area contributed by atoms with Crippen molar-refractivity contribution in [1.82, 2.24) is 0 Å². The molecule has 1 aromatic rings. The summed E-state index contributed by atoms with van der Waals surface area (Å²) in [4.78, 5) is 22.3. The third kappa shape index (κ3) is 4.69. The Morgan fingerprint density at radius 2 is 2.00 bits per heavy atom. The zero-order chi connectivity index (χ0) is 14.3. The molecule has 0 aliphatic rings. The van der Waals surface area contributed by atoms with Gasteiger partial charge in [0.25, 0.3) is 0 Å². The number of ketones is 1. The van der Waals surface area contributed by atoms with Crippen LogP contribution in [0.5, 0.6) is 5.75 Å². The van der Waals surface area contributed by atoms with E-state index in [1.807, 2.05) is 0 Å². The third-order valence-corrected chi connectivity index (χ3v) is 2.73. The van der Waals surface area contributed by atoms with Crippen LogP contribution in [-0.4, -0.2) is 43.2 Å². The lowest BCUT2D eigenvalue weighted by Gasteiger charge is -2.13. The Kier molecular flexibility index (Phi) is 5.98. The third-order valence-electron chi connectivity index (χ3n) is 2.73. The van der Waals surface area contributed by atoms with E-state index in [-0.39, 0.29) is 18.7 Å². The molecule has 0 saturated heterocycles. The Balaban J connectivity index is 2.44. The number of quaternary nitrogens is 1. The minimum absolute atomic E-state index is 0.0889. The number of ether oxygens (including phenoxy) is 1. The van der Waals surface area contributed by atoms with E-state index in [1.54, 1.807) is 31.4 Å². The first-order valence-corrected chi connectivity index (χ1v) is 5.90. The number of hydrogen-bond acceptors (Lipinski definition) is 5. The molecular formula is C13H17NO5. The molecule has 0 saturated carbocycles. The molecule has 0 aliphatic heterocycles. The van der Waals surface area contributed by atoms with Crippen LogP contribution in [0, 0.1) is 0 Å². The van der Waals surface area contributed by atoms with Crippen molar-refractivity contribution in [2.45, 2.75) is 12.5 Å². The van der Waals surface area contributed by atoms with Crippen molar-refractivity contribution in [3.05, 3.63) is 29.8 Å². The quantitative estimate of drug-likeness (QED) is 0.527. The number of aliphatic hydroxyl groups is 1. The number of rotatable bonds is 8. The molecule has 1 rings (SSSR count). The van der Waals surface area contributed by atoms with Crippen molar-refractivity contribution in [2.24, 2.45) is 0 Å². The molecule has 6 heteroatoms. The molecule has 19 heavy (non-hydrogen) atoms. The molecule has 0 aliphatic carbocycles. The summed E-state index contributed by atoms with van der Waals surface area (Å²) in [5.41, 5.74) is 0.545. The Bertz CT molecular complexity index is 429. The van der Waals surface area contributed by atoms with Gasteiger partial charge in [0.15, 0.2) is 5.78 Å². The fourth-order valence-electron chi connectivity index (χ4n) is 1.58. The summed E-state index contributed by atoms with van der Waals surface area (Å²) in [5.74, 6) is -0.756. The van der Waals surface area contributed by atoms with Crippen molar-refractivity contribution >= 4 is 11.8 Å². The van der Waals surface area contributed by atoms with Crippen molar-refractivity contribution < 1.29 is 29.9 Å². The number of aliphatic hydroxyl groups excluding tert-OH is 1. The molecule has 0 aromatic heterocycles. The first-order valence-electron chi connectivity index (χ1n) is 5.90. The van der Waals surface area contributed by atoms with Crippen LogP contribution in [0.25, 0.3) is 0 Å². The van der Waals surface area contributed by atoms with E-state index in [0.29, 0.717) is 11.3 Å². The van der Waals surface area contributed by atoms with E-state index in [0.717, 1.165) is 0 Å². The van der Waals surface area contributed by atoms with Gasteiger partial charge in [-0.05, 0) is 24.3 Å². The molecule has 0 unspecified atom stereocenters. The first-order chi connectivity index (χ1) is 9.08. The van der Waals surface area contributed by atoms with Crippen molar-refractivity contribution in [3.63, 3.8) is 0 Å². The summed E-state index contributed by atoms with van der Waals surface area (Å²) in [6, 6.07) is 5.67. The van der Waals surface area contributed by atoms with Crippen LogP contribution in [0.1, 0.15) is 16.8 Å². The Hall–Kier alpha value is -1.92. The fraction of sp³-hybridized carbons (Fsp3) is 0.385. The second kappa shape index (κ2) is 7.50. The number of carbonyl (C=O) groups is 2. The first kappa shape index (κ1) is 15.1. The van der Waals surface area contributed by atoms with Gasteiger partial charge in [-0.15, -0.1) is 0 Å². The van der Waals surface area contributed by atoms with Gasteiger partial charge in [-0.3, -0.25) is 4.79 Å². The number of carbonyl (C=O) groups excluding carboxylic acids is 2. The fourth-order valence-corrected chi connectivity index (χ4v) is 1.58. The van der Waals surface area contributed by atoms with Crippen LogP contribution in [0.2, 0.25) is 0 Å². The molecule has 6 nitrogen and oxygen atoms in total. The Morgan fingerprint density at radius 3 is 2.47 bits per heavy atom. The SMILES string of the molecule is COc1ccc(C(=O)CC[NH2+][C@@H](CO)C(=O)[O-])cc1. The summed E-state index contributed by atoms with van der Waals surface area (Å²) in [6.07, 6.45) is 0.191. The summed E-state index contributed by atoms with van der Waals surface area (Å²) in [5, 5.41) is 20.7. The maximum Gasteiger partial charge on any atom is 0.168 e. The van der Waals surface area contributed by atoms with Gasteiger partial charge in [0.05, 0.1) is 20.1 Å². The highest BCUT2D eigenvalue weighted by Crippen LogP contribution is 2.12. The molecule has 0 spiro atoms. The van der Waals surface area contributed by atoms with Crippen LogP contribution in [-0.2, 0) is 4.79 Å². The highest BCUT2D eigenvalue weighted by molar-refractivity contribution is 5.96. The molecule has 1 atom stereocenters. The number of aliphatic carboxylic acids is 1. The Labute approximate surface area is 111 Å². The van der Waals surface area contributed by atoms with Gasteiger partial charge < -0.3 is 25.1 Å². The molecule has 0 bridgehead atoms. The number of nitrogens with two attached hydrogens (primary N) is 1. The van der Waals surface area contributed by atoms with Crippen molar-refractivity contribution in [3.8, 4) is 5.75 Å². The minimum Gasteiger partial charge on any atom is -0.544 e. The molecular weight excluding hydrogens is 250 g/mol. The van der Waals surface area contributed by atoms with Crippen LogP contribution in [0.15, 0.2) is 24.3 Å². The predicted octanol–water partition coefficient (Wildman–Crippen LogP) is -2.06. The number of benzene rings is 1. The van der Waals surface area contributed by atoms with E-state index < -0.39 is 18.6 Å². The van der Waals surface area contributed by atoms with Crippen LogP contribution in [0.4, 0.5) is 0 Å². The maximum absolute atomic E-state index is 11.8. The zero-order valence-electron chi connectivity index (χ0n) is 10.7. The van der Waals surface area contributed by atoms with Crippen molar-refractivity contribution in [1.29, 1.82) is 0 Å². The second-order valence-electron chi connectivity index (χ2n) is 4.03. The lowest BCUT2D eigenvalue weighted by atomic mass is 10.1. The summed E-state index contributed by atoms with van der Waals surface area (Å²) >= 11 is 0. The largest absolute Gasteiger partial charge is 0.544 e. The van der Waals surface area contributed by atoms with E-state index in [1.165, 1.54) is 5.32 Å².